The number of nitrogens with two attached hydrogens (primary N) is 1. The van der Waals surface area contributed by atoms with Crippen molar-refractivity contribution >= 4 is 38.7 Å². The molecule has 0 bridgehead atoms. The van der Waals surface area contributed by atoms with Crippen molar-refractivity contribution in [2.45, 2.75) is 38.1 Å². The molecule has 3 N–H and O–H groups in total. The number of unbranched alkanes of at least 4 members (excludes halogenated alkanes) is 2. The number of anilines is 2. The van der Waals surface area contributed by atoms with Crippen molar-refractivity contribution < 1.29 is 4.74 Å². The summed E-state index contributed by atoms with van der Waals surface area (Å²) >= 11 is 3.49. The lowest BCUT2D eigenvalue weighted by Crippen LogP contribution is -2.09. The second-order valence-corrected chi connectivity index (χ2v) is 7.08. The van der Waals surface area contributed by atoms with E-state index >= 15 is 0 Å². The van der Waals surface area contributed by atoms with Crippen LogP contribution >= 0.6 is 15.9 Å². The van der Waals surface area contributed by atoms with E-state index in [-0.39, 0.29) is 5.95 Å². The summed E-state index contributed by atoms with van der Waals surface area (Å²) in [6.45, 7) is 3.74. The average molecular weight is 432 g/mol. The summed E-state index contributed by atoms with van der Waals surface area (Å²) < 4.78 is 7.73. The minimum atomic E-state index is 0.289. The van der Waals surface area contributed by atoms with Crippen LogP contribution in [-0.2, 0) is 11.9 Å². The van der Waals surface area contributed by atoms with Crippen LogP contribution in [0.2, 0.25) is 0 Å². The molecule has 3 rings (SSSR count). The van der Waals surface area contributed by atoms with E-state index in [4.69, 9.17) is 10.5 Å². The first kappa shape index (κ1) is 19.5. The fraction of sp³-hybridized carbons (Fsp3) is 0.400. The standard InChI is InChI=1S/C20H26BrN5O/c1-3-4-5-9-23-19-18-16(24-20(22)25-19)8-10-26(18)13-15-7-6-14(12-21)11-17(15)27-2/h6-8,10-11H,3-5,9,12-13H2,1-2H3,(H3,22,23,24,25). The summed E-state index contributed by atoms with van der Waals surface area (Å²) in [7, 11) is 1.70. The minimum absolute atomic E-state index is 0.289. The van der Waals surface area contributed by atoms with Crippen LogP contribution in [0.5, 0.6) is 5.75 Å². The molecule has 0 fully saturated rings. The average Bonchev–Trinajstić information content (AvgIpc) is 3.08. The summed E-state index contributed by atoms with van der Waals surface area (Å²) in [4.78, 5) is 8.82. The zero-order valence-electron chi connectivity index (χ0n) is 15.8. The van der Waals surface area contributed by atoms with Gasteiger partial charge in [-0.3, -0.25) is 0 Å². The Balaban J connectivity index is 1.93. The molecule has 0 saturated carbocycles. The van der Waals surface area contributed by atoms with Gasteiger partial charge in [-0.2, -0.15) is 4.98 Å². The third-order valence-electron chi connectivity index (χ3n) is 4.55. The number of methoxy groups -OCH3 is 1. The number of ether oxygens (including phenoxy) is 1. The fourth-order valence-electron chi connectivity index (χ4n) is 3.15. The molecule has 0 spiro atoms. The number of hydrogen-bond acceptors (Lipinski definition) is 5. The highest BCUT2D eigenvalue weighted by Gasteiger charge is 2.13. The number of alkyl halides is 1. The summed E-state index contributed by atoms with van der Waals surface area (Å²) in [6.07, 6.45) is 5.50. The molecule has 3 aromatic rings. The highest BCUT2D eigenvalue weighted by molar-refractivity contribution is 9.08. The second kappa shape index (κ2) is 9.08. The van der Waals surface area contributed by atoms with E-state index in [0.29, 0.717) is 6.54 Å². The Labute approximate surface area is 168 Å². The number of fused-ring (bicyclic) bond motifs is 1. The molecule has 0 unspecified atom stereocenters. The Morgan fingerprint density at radius 3 is 2.81 bits per heavy atom. The molecule has 0 amide bonds. The van der Waals surface area contributed by atoms with E-state index in [9.17, 15) is 0 Å². The Bertz CT molecular complexity index is 909. The van der Waals surface area contributed by atoms with E-state index in [1.807, 2.05) is 12.3 Å². The summed E-state index contributed by atoms with van der Waals surface area (Å²) in [5.74, 6) is 1.95. The van der Waals surface area contributed by atoms with Gasteiger partial charge in [-0.15, -0.1) is 0 Å². The van der Waals surface area contributed by atoms with Gasteiger partial charge in [-0.05, 0) is 24.1 Å². The monoisotopic (exact) mass is 431 g/mol. The molecule has 0 saturated heterocycles. The van der Waals surface area contributed by atoms with Crippen LogP contribution in [-0.4, -0.2) is 28.2 Å². The van der Waals surface area contributed by atoms with Gasteiger partial charge in [0.05, 0.1) is 19.2 Å². The number of rotatable bonds is 9. The van der Waals surface area contributed by atoms with Gasteiger partial charge in [0.2, 0.25) is 5.95 Å². The number of hydrogen-bond donors (Lipinski definition) is 2. The van der Waals surface area contributed by atoms with Gasteiger partial charge in [0.1, 0.15) is 11.3 Å². The fourth-order valence-corrected chi connectivity index (χ4v) is 3.50. The van der Waals surface area contributed by atoms with E-state index < -0.39 is 0 Å². The van der Waals surface area contributed by atoms with Crippen molar-refractivity contribution in [2.24, 2.45) is 0 Å². The lowest BCUT2D eigenvalue weighted by Gasteiger charge is -2.14. The molecule has 0 aliphatic heterocycles. The molecular formula is C20H26BrN5O. The van der Waals surface area contributed by atoms with Gasteiger partial charge in [0, 0.05) is 23.6 Å². The van der Waals surface area contributed by atoms with Crippen molar-refractivity contribution in [2.75, 3.05) is 24.7 Å². The van der Waals surface area contributed by atoms with Crippen LogP contribution in [0.25, 0.3) is 11.0 Å². The first-order valence-electron chi connectivity index (χ1n) is 9.24. The van der Waals surface area contributed by atoms with E-state index in [0.717, 1.165) is 46.5 Å². The zero-order valence-corrected chi connectivity index (χ0v) is 17.4. The third-order valence-corrected chi connectivity index (χ3v) is 5.19. The maximum absolute atomic E-state index is 5.90. The van der Waals surface area contributed by atoms with Gasteiger partial charge in [0.15, 0.2) is 5.82 Å². The number of halogens is 1. The molecule has 0 aliphatic rings. The third kappa shape index (κ3) is 4.53. The number of aromatic nitrogens is 3. The zero-order chi connectivity index (χ0) is 19.2. The predicted octanol–water partition coefficient (Wildman–Crippen LogP) is 4.57. The molecule has 0 atom stereocenters. The Hall–Kier alpha value is -2.28. The van der Waals surface area contributed by atoms with Crippen molar-refractivity contribution in [3.63, 3.8) is 0 Å². The van der Waals surface area contributed by atoms with E-state index in [1.54, 1.807) is 7.11 Å². The first-order chi connectivity index (χ1) is 13.2. The quantitative estimate of drug-likeness (QED) is 0.383. The molecule has 27 heavy (non-hydrogen) atoms. The maximum Gasteiger partial charge on any atom is 0.222 e. The lowest BCUT2D eigenvalue weighted by atomic mass is 10.1. The topological polar surface area (TPSA) is 78.0 Å². The van der Waals surface area contributed by atoms with E-state index in [1.165, 1.54) is 18.4 Å². The number of benzene rings is 1. The molecule has 144 valence electrons. The van der Waals surface area contributed by atoms with Crippen LogP contribution in [0.15, 0.2) is 30.5 Å². The molecule has 2 heterocycles. The van der Waals surface area contributed by atoms with Gasteiger partial charge >= 0.3 is 0 Å². The largest absolute Gasteiger partial charge is 0.496 e. The highest BCUT2D eigenvalue weighted by atomic mass is 79.9. The van der Waals surface area contributed by atoms with Gasteiger partial charge in [-0.25, -0.2) is 4.98 Å². The molecule has 7 heteroatoms. The Morgan fingerprint density at radius 2 is 2.07 bits per heavy atom. The smallest absolute Gasteiger partial charge is 0.222 e. The van der Waals surface area contributed by atoms with Gasteiger partial charge in [-0.1, -0.05) is 47.8 Å². The van der Waals surface area contributed by atoms with E-state index in [2.05, 4.69) is 60.9 Å². The van der Waals surface area contributed by atoms with Crippen LogP contribution in [0.1, 0.15) is 37.3 Å². The first-order valence-corrected chi connectivity index (χ1v) is 10.4. The highest BCUT2D eigenvalue weighted by Crippen LogP contribution is 2.27. The second-order valence-electron chi connectivity index (χ2n) is 6.52. The number of nitrogen functional groups attached to an aromatic ring is 1. The van der Waals surface area contributed by atoms with Crippen LogP contribution < -0.4 is 15.8 Å². The number of nitrogens with one attached hydrogen (secondary N) is 1. The minimum Gasteiger partial charge on any atom is -0.496 e. The van der Waals surface area contributed by atoms with Gasteiger partial charge in [0.25, 0.3) is 0 Å². The van der Waals surface area contributed by atoms with Crippen molar-refractivity contribution in [3.05, 3.63) is 41.6 Å². The van der Waals surface area contributed by atoms with Crippen LogP contribution in [0.4, 0.5) is 11.8 Å². The molecule has 0 radical (unpaired) electrons. The Kier molecular flexibility index (Phi) is 6.55. The molecule has 2 aromatic heterocycles. The lowest BCUT2D eigenvalue weighted by molar-refractivity contribution is 0.408. The summed E-state index contributed by atoms with van der Waals surface area (Å²) in [5, 5.41) is 4.23. The van der Waals surface area contributed by atoms with Crippen molar-refractivity contribution in [1.29, 1.82) is 0 Å². The maximum atomic E-state index is 5.90. The summed E-state index contributed by atoms with van der Waals surface area (Å²) in [6, 6.07) is 8.25. The normalized spacial score (nSPS) is 11.1. The van der Waals surface area contributed by atoms with Gasteiger partial charge < -0.3 is 20.4 Å². The SMILES string of the molecule is CCCCCNc1nc(N)nc2ccn(Cc3ccc(CBr)cc3OC)c12. The molecular weight excluding hydrogens is 406 g/mol. The summed E-state index contributed by atoms with van der Waals surface area (Å²) in [5.41, 5.74) is 10.00. The van der Waals surface area contributed by atoms with Crippen molar-refractivity contribution in [3.8, 4) is 5.75 Å². The molecule has 0 aliphatic carbocycles. The molecule has 6 nitrogen and oxygen atoms in total. The number of nitrogens with zero attached hydrogens (tertiary/aromatic N) is 3. The predicted molar refractivity (Wildman–Crippen MR) is 115 cm³/mol. The van der Waals surface area contributed by atoms with Crippen molar-refractivity contribution in [1.82, 2.24) is 14.5 Å². The Morgan fingerprint density at radius 1 is 1.22 bits per heavy atom. The van der Waals surface area contributed by atoms with Crippen LogP contribution in [0, 0.1) is 0 Å². The van der Waals surface area contributed by atoms with Crippen LogP contribution in [0.3, 0.4) is 0 Å². The molecule has 1 aromatic carbocycles.